The summed E-state index contributed by atoms with van der Waals surface area (Å²) in [6.45, 7) is 3.99. The summed E-state index contributed by atoms with van der Waals surface area (Å²) in [6, 6.07) is 5.05. The quantitative estimate of drug-likeness (QED) is 0.856. The van der Waals surface area contributed by atoms with Gasteiger partial charge in [0.15, 0.2) is 0 Å². The van der Waals surface area contributed by atoms with E-state index >= 15 is 0 Å². The Morgan fingerprint density at radius 2 is 2.00 bits per heavy atom. The van der Waals surface area contributed by atoms with Gasteiger partial charge in [0.1, 0.15) is 11.6 Å². The molecule has 1 atom stereocenters. The molecule has 0 radical (unpaired) electrons. The standard InChI is InChI=1S/C15H17F2N3O/c1-2-12(10-18)19-5-7-20(8-6-19)15(21)13-4-3-11(16)9-14(13)17/h3-4,9,12H,2,5-8H2,1H3. The number of carbonyl (C=O) groups excluding carboxylic acids is 1. The van der Waals surface area contributed by atoms with Crippen LogP contribution in [0.2, 0.25) is 0 Å². The molecule has 1 fully saturated rings. The summed E-state index contributed by atoms with van der Waals surface area (Å²) in [5, 5.41) is 9.04. The van der Waals surface area contributed by atoms with Gasteiger partial charge in [-0.2, -0.15) is 5.26 Å². The Bertz CT molecular complexity index is 563. The van der Waals surface area contributed by atoms with E-state index in [1.165, 1.54) is 11.0 Å². The van der Waals surface area contributed by atoms with Crippen LogP contribution in [0, 0.1) is 23.0 Å². The number of rotatable bonds is 3. The highest BCUT2D eigenvalue weighted by molar-refractivity contribution is 5.94. The van der Waals surface area contributed by atoms with Gasteiger partial charge in [-0.3, -0.25) is 9.69 Å². The number of hydrogen-bond acceptors (Lipinski definition) is 3. The van der Waals surface area contributed by atoms with Crippen molar-refractivity contribution in [3.8, 4) is 6.07 Å². The van der Waals surface area contributed by atoms with Gasteiger partial charge in [0, 0.05) is 32.2 Å². The van der Waals surface area contributed by atoms with Crippen molar-refractivity contribution < 1.29 is 13.6 Å². The first kappa shape index (κ1) is 15.4. The first-order chi connectivity index (χ1) is 10.1. The van der Waals surface area contributed by atoms with E-state index in [0.29, 0.717) is 32.2 Å². The van der Waals surface area contributed by atoms with E-state index in [2.05, 4.69) is 6.07 Å². The highest BCUT2D eigenvalue weighted by Gasteiger charge is 2.27. The number of nitrogens with zero attached hydrogens (tertiary/aromatic N) is 3. The summed E-state index contributed by atoms with van der Waals surface area (Å²) in [6.07, 6.45) is 0.733. The maximum absolute atomic E-state index is 13.6. The van der Waals surface area contributed by atoms with Crippen LogP contribution in [0.5, 0.6) is 0 Å². The summed E-state index contributed by atoms with van der Waals surface area (Å²) in [5.74, 6) is -1.98. The van der Waals surface area contributed by atoms with Gasteiger partial charge in [-0.1, -0.05) is 6.92 Å². The molecule has 1 unspecified atom stereocenters. The molecule has 112 valence electrons. The SMILES string of the molecule is CCC(C#N)N1CCN(C(=O)c2ccc(F)cc2F)CC1. The van der Waals surface area contributed by atoms with E-state index in [1.54, 1.807) is 0 Å². The monoisotopic (exact) mass is 293 g/mol. The largest absolute Gasteiger partial charge is 0.336 e. The summed E-state index contributed by atoms with van der Waals surface area (Å²) < 4.78 is 26.5. The third kappa shape index (κ3) is 3.37. The van der Waals surface area contributed by atoms with Gasteiger partial charge in [0.2, 0.25) is 0 Å². The van der Waals surface area contributed by atoms with Crippen LogP contribution in [0.4, 0.5) is 8.78 Å². The Kier molecular flexibility index (Phi) is 4.86. The second-order valence-electron chi connectivity index (χ2n) is 5.01. The second kappa shape index (κ2) is 6.64. The molecule has 1 aromatic carbocycles. The van der Waals surface area contributed by atoms with Crippen LogP contribution in [0.25, 0.3) is 0 Å². The lowest BCUT2D eigenvalue weighted by Crippen LogP contribution is -2.51. The molecule has 0 spiro atoms. The molecule has 1 aromatic rings. The Hall–Kier alpha value is -2.00. The third-order valence-electron chi connectivity index (χ3n) is 3.74. The van der Waals surface area contributed by atoms with Crippen molar-refractivity contribution in [2.24, 2.45) is 0 Å². The Morgan fingerprint density at radius 3 is 2.52 bits per heavy atom. The highest BCUT2D eigenvalue weighted by Crippen LogP contribution is 2.15. The fourth-order valence-electron chi connectivity index (χ4n) is 2.50. The fourth-order valence-corrected chi connectivity index (χ4v) is 2.50. The maximum atomic E-state index is 13.6. The molecule has 2 rings (SSSR count). The molecule has 1 saturated heterocycles. The number of carbonyl (C=O) groups is 1. The summed E-state index contributed by atoms with van der Waals surface area (Å²) in [7, 11) is 0. The minimum Gasteiger partial charge on any atom is -0.336 e. The number of amides is 1. The molecule has 1 aliphatic heterocycles. The normalized spacial score (nSPS) is 17.3. The Balaban J connectivity index is 2.02. The fraction of sp³-hybridized carbons (Fsp3) is 0.467. The van der Waals surface area contributed by atoms with E-state index in [1.807, 2.05) is 11.8 Å². The lowest BCUT2D eigenvalue weighted by atomic mass is 10.1. The Morgan fingerprint density at radius 1 is 1.33 bits per heavy atom. The molecule has 1 heterocycles. The summed E-state index contributed by atoms with van der Waals surface area (Å²) in [4.78, 5) is 15.8. The van der Waals surface area contributed by atoms with Gasteiger partial charge >= 0.3 is 0 Å². The van der Waals surface area contributed by atoms with Crippen molar-refractivity contribution in [2.75, 3.05) is 26.2 Å². The van der Waals surface area contributed by atoms with Crippen LogP contribution in [0.3, 0.4) is 0 Å². The van der Waals surface area contributed by atoms with Gasteiger partial charge in [-0.15, -0.1) is 0 Å². The van der Waals surface area contributed by atoms with E-state index in [-0.39, 0.29) is 11.6 Å². The molecular weight excluding hydrogens is 276 g/mol. The van der Waals surface area contributed by atoms with Crippen LogP contribution in [0.15, 0.2) is 18.2 Å². The zero-order valence-corrected chi connectivity index (χ0v) is 11.9. The predicted molar refractivity (Wildman–Crippen MR) is 73.5 cm³/mol. The van der Waals surface area contributed by atoms with E-state index < -0.39 is 17.5 Å². The van der Waals surface area contributed by atoms with Crippen LogP contribution in [-0.2, 0) is 0 Å². The number of benzene rings is 1. The van der Waals surface area contributed by atoms with Gasteiger partial charge < -0.3 is 4.90 Å². The van der Waals surface area contributed by atoms with E-state index in [0.717, 1.165) is 12.5 Å². The van der Waals surface area contributed by atoms with Crippen molar-refractivity contribution in [1.29, 1.82) is 5.26 Å². The third-order valence-corrected chi connectivity index (χ3v) is 3.74. The van der Waals surface area contributed by atoms with Crippen molar-refractivity contribution in [1.82, 2.24) is 9.80 Å². The zero-order chi connectivity index (χ0) is 15.4. The molecule has 0 saturated carbocycles. The lowest BCUT2D eigenvalue weighted by Gasteiger charge is -2.36. The number of nitriles is 1. The number of halogens is 2. The van der Waals surface area contributed by atoms with Gasteiger partial charge in [-0.05, 0) is 18.6 Å². The van der Waals surface area contributed by atoms with E-state index in [4.69, 9.17) is 5.26 Å². The second-order valence-corrected chi connectivity index (χ2v) is 5.01. The van der Waals surface area contributed by atoms with Gasteiger partial charge in [0.05, 0.1) is 17.7 Å². The molecule has 21 heavy (non-hydrogen) atoms. The molecule has 0 bridgehead atoms. The average molecular weight is 293 g/mol. The smallest absolute Gasteiger partial charge is 0.256 e. The molecule has 1 aliphatic rings. The number of piperazine rings is 1. The van der Waals surface area contributed by atoms with Crippen LogP contribution < -0.4 is 0 Å². The van der Waals surface area contributed by atoms with Crippen molar-refractivity contribution in [3.05, 3.63) is 35.4 Å². The van der Waals surface area contributed by atoms with Crippen LogP contribution in [0.1, 0.15) is 23.7 Å². The summed E-state index contributed by atoms with van der Waals surface area (Å²) >= 11 is 0. The van der Waals surface area contributed by atoms with Gasteiger partial charge in [0.25, 0.3) is 5.91 Å². The lowest BCUT2D eigenvalue weighted by molar-refractivity contribution is 0.0600. The van der Waals surface area contributed by atoms with Crippen molar-refractivity contribution in [3.63, 3.8) is 0 Å². The average Bonchev–Trinajstić information content (AvgIpc) is 2.48. The molecular formula is C15H17F2N3O. The predicted octanol–water partition coefficient (Wildman–Crippen LogP) is 2.02. The topological polar surface area (TPSA) is 47.3 Å². The van der Waals surface area contributed by atoms with Gasteiger partial charge in [-0.25, -0.2) is 8.78 Å². The molecule has 0 aromatic heterocycles. The first-order valence-corrected chi connectivity index (χ1v) is 6.94. The first-order valence-electron chi connectivity index (χ1n) is 6.94. The highest BCUT2D eigenvalue weighted by atomic mass is 19.1. The number of hydrogen-bond donors (Lipinski definition) is 0. The molecule has 4 nitrogen and oxygen atoms in total. The molecule has 6 heteroatoms. The minimum atomic E-state index is -0.842. The van der Waals surface area contributed by atoms with Crippen LogP contribution >= 0.6 is 0 Å². The molecule has 1 amide bonds. The maximum Gasteiger partial charge on any atom is 0.256 e. The van der Waals surface area contributed by atoms with Crippen LogP contribution in [-0.4, -0.2) is 47.9 Å². The summed E-state index contributed by atoms with van der Waals surface area (Å²) in [5.41, 5.74) is -0.114. The molecule has 0 aliphatic carbocycles. The van der Waals surface area contributed by atoms with Crippen molar-refractivity contribution >= 4 is 5.91 Å². The zero-order valence-electron chi connectivity index (χ0n) is 11.9. The molecule has 0 N–H and O–H groups in total. The van der Waals surface area contributed by atoms with E-state index in [9.17, 15) is 13.6 Å². The minimum absolute atomic E-state index is 0.114. The van der Waals surface area contributed by atoms with Crippen molar-refractivity contribution in [2.45, 2.75) is 19.4 Å². The Labute approximate surface area is 122 Å².